The van der Waals surface area contributed by atoms with Crippen LogP contribution in [0.1, 0.15) is 29.9 Å². The number of anilines is 2. The van der Waals surface area contributed by atoms with E-state index in [1.165, 1.54) is 71.0 Å². The van der Waals surface area contributed by atoms with E-state index in [0.717, 1.165) is 23.8 Å². The van der Waals surface area contributed by atoms with E-state index in [2.05, 4.69) is 175 Å². The van der Waals surface area contributed by atoms with Gasteiger partial charge in [-0.3, -0.25) is 0 Å². The number of rotatable bonds is 5. The fourth-order valence-electron chi connectivity index (χ4n) is 8.25. The first-order valence-electron chi connectivity index (χ1n) is 17.6. The minimum Gasteiger partial charge on any atom is -0.456 e. The maximum Gasteiger partial charge on any atom is 0.135 e. The smallest absolute Gasteiger partial charge is 0.135 e. The zero-order valence-electron chi connectivity index (χ0n) is 27.7. The molecule has 0 saturated heterocycles. The van der Waals surface area contributed by atoms with Crippen molar-refractivity contribution in [2.45, 2.75) is 24.8 Å². The largest absolute Gasteiger partial charge is 0.456 e. The maximum absolute atomic E-state index is 6.15. The maximum atomic E-state index is 6.15. The Bertz CT molecular complexity index is 2730. The molecule has 1 heterocycles. The van der Waals surface area contributed by atoms with Gasteiger partial charge in [0, 0.05) is 27.9 Å². The molecule has 0 spiro atoms. The fraction of sp³-hybridized carbons (Fsp3) is 0.0833. The van der Waals surface area contributed by atoms with Gasteiger partial charge in [0.15, 0.2) is 0 Å². The van der Waals surface area contributed by atoms with Crippen molar-refractivity contribution in [2.75, 3.05) is 4.90 Å². The van der Waals surface area contributed by atoms with Crippen LogP contribution in [0.3, 0.4) is 0 Å². The summed E-state index contributed by atoms with van der Waals surface area (Å²) in [6.45, 7) is 0. The summed E-state index contributed by atoms with van der Waals surface area (Å²) < 4.78 is 6.15. The molecule has 1 unspecified atom stereocenters. The minimum atomic E-state index is 0.173. The second-order valence-electron chi connectivity index (χ2n) is 13.6. The standard InChI is InChI=1S/C48H35NO/c1-2-10-32(11-3-1)33-18-23-36(24-19-33)49(38-27-28-43-41-14-5-4-12-39(41)40-13-6-7-15-42(40)45(43)31-38)37-25-20-34(21-26-37)35-22-29-48-46(30-35)44-16-8-9-17-47(44)50-48/h1-21,23,25-31,35-36H,22,24H2/t35?,36-/m0/s1. The lowest BCUT2D eigenvalue weighted by Crippen LogP contribution is -2.30. The van der Waals surface area contributed by atoms with E-state index < -0.39 is 0 Å². The number of hydrogen-bond donors (Lipinski definition) is 0. The van der Waals surface area contributed by atoms with Crippen LogP contribution in [-0.4, -0.2) is 6.04 Å². The molecule has 0 amide bonds. The first-order chi connectivity index (χ1) is 24.8. The molecule has 2 nitrogen and oxygen atoms in total. The van der Waals surface area contributed by atoms with Gasteiger partial charge in [-0.2, -0.15) is 0 Å². The Kier molecular flexibility index (Phi) is 6.80. The van der Waals surface area contributed by atoms with Crippen LogP contribution in [0.4, 0.5) is 11.4 Å². The van der Waals surface area contributed by atoms with Gasteiger partial charge in [-0.25, -0.2) is 0 Å². The molecular formula is C48H35NO. The molecule has 0 radical (unpaired) electrons. The number of fused-ring (bicyclic) bond motifs is 9. The SMILES string of the molecule is C1=C[C@H](N(c2ccc(C3C=c4c(oc5ccccc45)=CC3)cc2)c2ccc3c4ccccc4c4ccccc4c3c2)CC=C1c1ccccc1. The summed E-state index contributed by atoms with van der Waals surface area (Å²) in [5.41, 5.74) is 8.20. The lowest BCUT2D eigenvalue weighted by molar-refractivity contribution is 0.570. The Labute approximate surface area is 291 Å². The molecular weight excluding hydrogens is 607 g/mol. The second kappa shape index (κ2) is 11.8. The van der Waals surface area contributed by atoms with Crippen molar-refractivity contribution in [1.82, 2.24) is 0 Å². The number of allylic oxidation sites excluding steroid dienone is 2. The highest BCUT2D eigenvalue weighted by Gasteiger charge is 2.23. The van der Waals surface area contributed by atoms with Crippen LogP contribution in [0.2, 0.25) is 0 Å². The van der Waals surface area contributed by atoms with Crippen molar-refractivity contribution in [2.24, 2.45) is 0 Å². The van der Waals surface area contributed by atoms with E-state index >= 15 is 0 Å². The fourth-order valence-corrected chi connectivity index (χ4v) is 8.25. The summed E-state index contributed by atoms with van der Waals surface area (Å²) in [6.07, 6.45) is 13.6. The molecule has 0 saturated carbocycles. The highest BCUT2D eigenvalue weighted by molar-refractivity contribution is 6.25. The van der Waals surface area contributed by atoms with E-state index in [0.29, 0.717) is 5.92 Å². The van der Waals surface area contributed by atoms with Crippen LogP contribution < -0.4 is 15.5 Å². The molecule has 7 aromatic carbocycles. The van der Waals surface area contributed by atoms with Gasteiger partial charge in [-0.15, -0.1) is 0 Å². The topological polar surface area (TPSA) is 16.4 Å². The average molecular weight is 642 g/mol. The van der Waals surface area contributed by atoms with Crippen LogP contribution in [0.5, 0.6) is 0 Å². The van der Waals surface area contributed by atoms with E-state index in [-0.39, 0.29) is 6.04 Å². The van der Waals surface area contributed by atoms with Crippen molar-refractivity contribution < 1.29 is 4.42 Å². The summed E-state index contributed by atoms with van der Waals surface area (Å²) >= 11 is 0. The van der Waals surface area contributed by atoms with Gasteiger partial charge >= 0.3 is 0 Å². The van der Waals surface area contributed by atoms with Crippen molar-refractivity contribution in [3.8, 4) is 0 Å². The number of hydrogen-bond acceptors (Lipinski definition) is 2. The summed E-state index contributed by atoms with van der Waals surface area (Å²) in [7, 11) is 0. The van der Waals surface area contributed by atoms with E-state index in [1.807, 2.05) is 6.07 Å². The predicted molar refractivity (Wildman–Crippen MR) is 211 cm³/mol. The molecule has 0 bridgehead atoms. The van der Waals surface area contributed by atoms with Crippen LogP contribution >= 0.6 is 0 Å². The van der Waals surface area contributed by atoms with E-state index in [4.69, 9.17) is 4.42 Å². The van der Waals surface area contributed by atoms with Crippen LogP contribution in [-0.2, 0) is 0 Å². The molecule has 2 atom stereocenters. The van der Waals surface area contributed by atoms with E-state index in [9.17, 15) is 0 Å². The van der Waals surface area contributed by atoms with Crippen molar-refractivity contribution in [3.05, 3.63) is 186 Å². The summed E-state index contributed by atoms with van der Waals surface area (Å²) in [5.74, 6) is 0.303. The Hall–Kier alpha value is -6.12. The van der Waals surface area contributed by atoms with E-state index in [1.54, 1.807) is 0 Å². The number of para-hydroxylation sites is 1. The molecule has 10 rings (SSSR count). The highest BCUT2D eigenvalue weighted by atomic mass is 16.3. The zero-order valence-corrected chi connectivity index (χ0v) is 27.7. The van der Waals surface area contributed by atoms with Gasteiger partial charge in [0.25, 0.3) is 0 Å². The average Bonchev–Trinajstić information content (AvgIpc) is 3.57. The van der Waals surface area contributed by atoms with Gasteiger partial charge in [0.05, 0.1) is 6.04 Å². The third-order valence-corrected chi connectivity index (χ3v) is 10.7. The molecule has 2 heteroatoms. The molecule has 0 N–H and O–H groups in total. The summed E-state index contributed by atoms with van der Waals surface area (Å²) in [4.78, 5) is 2.53. The van der Waals surface area contributed by atoms with Crippen LogP contribution in [0, 0.1) is 0 Å². The summed E-state index contributed by atoms with van der Waals surface area (Å²) in [6, 6.07) is 53.2. The van der Waals surface area contributed by atoms with Crippen molar-refractivity contribution in [1.29, 1.82) is 0 Å². The van der Waals surface area contributed by atoms with Gasteiger partial charge in [-0.05, 0) is 98.3 Å². The van der Waals surface area contributed by atoms with Crippen molar-refractivity contribution >= 4 is 72.4 Å². The number of benzene rings is 7. The molecule has 8 aromatic rings. The molecule has 50 heavy (non-hydrogen) atoms. The first kappa shape index (κ1) is 28.9. The monoisotopic (exact) mass is 641 g/mol. The van der Waals surface area contributed by atoms with Crippen LogP contribution in [0.15, 0.2) is 168 Å². The number of nitrogens with zero attached hydrogens (tertiary/aromatic N) is 1. The second-order valence-corrected chi connectivity index (χ2v) is 13.6. The lowest BCUT2D eigenvalue weighted by Gasteiger charge is -2.34. The molecule has 238 valence electrons. The molecule has 2 aliphatic rings. The molecule has 2 aliphatic carbocycles. The number of furan rings is 1. The molecule has 0 fully saturated rings. The third-order valence-electron chi connectivity index (χ3n) is 10.7. The Morgan fingerprint density at radius 3 is 1.84 bits per heavy atom. The normalized spacial score (nSPS) is 17.0. The summed E-state index contributed by atoms with van der Waals surface area (Å²) in [5, 5.41) is 10.2. The quantitative estimate of drug-likeness (QED) is 0.174. The first-order valence-corrected chi connectivity index (χ1v) is 17.6. The Morgan fingerprint density at radius 2 is 1.14 bits per heavy atom. The highest BCUT2D eigenvalue weighted by Crippen LogP contribution is 2.40. The minimum absolute atomic E-state index is 0.173. The predicted octanol–water partition coefficient (Wildman–Crippen LogP) is 11.2. The zero-order chi connectivity index (χ0) is 33.0. The van der Waals surface area contributed by atoms with Gasteiger partial charge in [-0.1, -0.05) is 140 Å². The van der Waals surface area contributed by atoms with Gasteiger partial charge in [0.1, 0.15) is 11.0 Å². The third kappa shape index (κ3) is 4.79. The van der Waals surface area contributed by atoms with Crippen LogP contribution in [0.25, 0.3) is 61.0 Å². The lowest BCUT2D eigenvalue weighted by atomic mass is 9.91. The van der Waals surface area contributed by atoms with Gasteiger partial charge < -0.3 is 9.32 Å². The van der Waals surface area contributed by atoms with Crippen molar-refractivity contribution in [3.63, 3.8) is 0 Å². The van der Waals surface area contributed by atoms with Gasteiger partial charge in [0.2, 0.25) is 0 Å². The molecule has 1 aromatic heterocycles. The Morgan fingerprint density at radius 1 is 0.520 bits per heavy atom. The Balaban J connectivity index is 1.08. The molecule has 0 aliphatic heterocycles.